The van der Waals surface area contributed by atoms with E-state index in [-0.39, 0.29) is 11.8 Å². The molecule has 0 bridgehead atoms. The Morgan fingerprint density at radius 3 is 2.31 bits per heavy atom. The van der Waals surface area contributed by atoms with E-state index in [1.807, 2.05) is 12.1 Å². The van der Waals surface area contributed by atoms with E-state index in [1.54, 1.807) is 27.9 Å². The summed E-state index contributed by atoms with van der Waals surface area (Å²) in [5.74, 6) is 0.460. The smallest absolute Gasteiger partial charge is 0.340 e. The van der Waals surface area contributed by atoms with E-state index in [9.17, 15) is 9.59 Å². The van der Waals surface area contributed by atoms with Crippen LogP contribution < -0.4 is 9.64 Å². The third kappa shape index (κ3) is 4.62. The summed E-state index contributed by atoms with van der Waals surface area (Å²) in [4.78, 5) is 32.5. The molecule has 0 radical (unpaired) electrons. The molecule has 0 amide bonds. The molecule has 7 heteroatoms. The van der Waals surface area contributed by atoms with Gasteiger partial charge in [-0.25, -0.2) is 4.79 Å². The first-order chi connectivity index (χ1) is 13.9. The minimum atomic E-state index is -0.383. The van der Waals surface area contributed by atoms with Crippen LogP contribution in [0.25, 0.3) is 0 Å². The van der Waals surface area contributed by atoms with Gasteiger partial charge < -0.3 is 19.4 Å². The molecule has 3 rings (SSSR count). The molecule has 1 saturated heterocycles. The maximum Gasteiger partial charge on any atom is 0.340 e. The second kappa shape index (κ2) is 9.13. The number of aromatic nitrogens is 1. The van der Waals surface area contributed by atoms with E-state index in [2.05, 4.69) is 26.9 Å². The summed E-state index contributed by atoms with van der Waals surface area (Å²) < 4.78 is 10.3. The van der Waals surface area contributed by atoms with Crippen molar-refractivity contribution in [2.75, 3.05) is 51.3 Å². The SMILES string of the molecule is CCOC(=O)c1c(C)[nH]c(C(=O)CN2CCN(c3ccc(OC)cc3)CC2)c1C. The standard InChI is InChI=1S/C22H29N3O4/c1-5-29-22(27)20-15(2)21(23-16(20)3)19(26)14-24-10-12-25(13-11-24)17-6-8-18(28-4)9-7-17/h6-9,23H,5,10-14H2,1-4H3. The van der Waals surface area contributed by atoms with Gasteiger partial charge in [0.15, 0.2) is 5.78 Å². The first-order valence-corrected chi connectivity index (χ1v) is 9.95. The number of rotatable bonds is 7. The molecule has 7 nitrogen and oxygen atoms in total. The van der Waals surface area contributed by atoms with Crippen molar-refractivity contribution in [1.82, 2.24) is 9.88 Å². The van der Waals surface area contributed by atoms with E-state index < -0.39 is 0 Å². The largest absolute Gasteiger partial charge is 0.497 e. The number of aromatic amines is 1. The van der Waals surface area contributed by atoms with Crippen LogP contribution in [0.3, 0.4) is 0 Å². The Hall–Kier alpha value is -2.80. The molecule has 2 aromatic rings. The van der Waals surface area contributed by atoms with Gasteiger partial charge >= 0.3 is 5.97 Å². The zero-order valence-electron chi connectivity index (χ0n) is 17.6. The molecule has 0 atom stereocenters. The molecule has 0 aliphatic carbocycles. The maximum atomic E-state index is 12.8. The fourth-order valence-electron chi connectivity index (χ4n) is 3.78. The van der Waals surface area contributed by atoms with Crippen molar-refractivity contribution in [3.63, 3.8) is 0 Å². The fraction of sp³-hybridized carbons (Fsp3) is 0.455. The zero-order chi connectivity index (χ0) is 21.0. The number of carbonyl (C=O) groups excluding carboxylic acids is 2. The van der Waals surface area contributed by atoms with Crippen molar-refractivity contribution >= 4 is 17.4 Å². The van der Waals surface area contributed by atoms with E-state index in [0.29, 0.717) is 35.7 Å². The molecule has 1 N–H and O–H groups in total. The highest BCUT2D eigenvalue weighted by atomic mass is 16.5. The van der Waals surface area contributed by atoms with Gasteiger partial charge in [0.25, 0.3) is 0 Å². The van der Waals surface area contributed by atoms with E-state index >= 15 is 0 Å². The van der Waals surface area contributed by atoms with Gasteiger partial charge in [-0.3, -0.25) is 9.69 Å². The monoisotopic (exact) mass is 399 g/mol. The number of ether oxygens (including phenoxy) is 2. The van der Waals surface area contributed by atoms with Crippen LogP contribution in [0.1, 0.15) is 39.0 Å². The van der Waals surface area contributed by atoms with E-state index in [1.165, 1.54) is 0 Å². The summed E-state index contributed by atoms with van der Waals surface area (Å²) in [7, 11) is 1.66. The third-order valence-electron chi connectivity index (χ3n) is 5.37. The number of anilines is 1. The summed E-state index contributed by atoms with van der Waals surface area (Å²) >= 11 is 0. The predicted octanol–water partition coefficient (Wildman–Crippen LogP) is 2.82. The number of aryl methyl sites for hydroxylation is 1. The van der Waals surface area contributed by atoms with Gasteiger partial charge in [-0.05, 0) is 50.6 Å². The lowest BCUT2D eigenvalue weighted by molar-refractivity contribution is 0.0525. The lowest BCUT2D eigenvalue weighted by Gasteiger charge is -2.35. The Bertz CT molecular complexity index is 865. The van der Waals surface area contributed by atoms with Gasteiger partial charge in [0, 0.05) is 37.6 Å². The highest BCUT2D eigenvalue weighted by molar-refractivity contribution is 6.02. The van der Waals surface area contributed by atoms with Crippen molar-refractivity contribution in [1.29, 1.82) is 0 Å². The molecular weight excluding hydrogens is 370 g/mol. The van der Waals surface area contributed by atoms with Gasteiger partial charge in [-0.1, -0.05) is 0 Å². The second-order valence-electron chi connectivity index (χ2n) is 7.23. The van der Waals surface area contributed by atoms with Gasteiger partial charge in [0.1, 0.15) is 5.75 Å². The van der Waals surface area contributed by atoms with Crippen LogP contribution in [-0.2, 0) is 4.74 Å². The quantitative estimate of drug-likeness (QED) is 0.570. The summed E-state index contributed by atoms with van der Waals surface area (Å²) in [6.45, 7) is 9.33. The molecule has 1 aromatic carbocycles. The maximum absolute atomic E-state index is 12.8. The molecule has 2 heterocycles. The van der Waals surface area contributed by atoms with Crippen molar-refractivity contribution in [3.8, 4) is 5.75 Å². The number of esters is 1. The summed E-state index contributed by atoms with van der Waals surface area (Å²) in [5, 5.41) is 0. The van der Waals surface area contributed by atoms with Crippen LogP contribution in [0.15, 0.2) is 24.3 Å². The summed E-state index contributed by atoms with van der Waals surface area (Å²) in [6.07, 6.45) is 0. The highest BCUT2D eigenvalue weighted by Gasteiger charge is 2.25. The molecule has 0 spiro atoms. The molecular formula is C22H29N3O4. The van der Waals surface area contributed by atoms with Crippen molar-refractivity contribution in [3.05, 3.63) is 46.8 Å². The number of methoxy groups -OCH3 is 1. The molecule has 156 valence electrons. The van der Waals surface area contributed by atoms with E-state index in [0.717, 1.165) is 37.6 Å². The highest BCUT2D eigenvalue weighted by Crippen LogP contribution is 2.22. The Kier molecular flexibility index (Phi) is 6.59. The fourth-order valence-corrected chi connectivity index (χ4v) is 3.78. The number of nitrogens with zero attached hydrogens (tertiary/aromatic N) is 2. The number of hydrogen-bond acceptors (Lipinski definition) is 6. The van der Waals surface area contributed by atoms with Gasteiger partial charge in [0.05, 0.1) is 31.5 Å². The predicted molar refractivity (Wildman–Crippen MR) is 112 cm³/mol. The average Bonchev–Trinajstić information content (AvgIpc) is 3.03. The molecule has 1 aliphatic heterocycles. The van der Waals surface area contributed by atoms with Gasteiger partial charge in [-0.15, -0.1) is 0 Å². The number of H-pyrrole nitrogens is 1. The number of benzene rings is 1. The van der Waals surface area contributed by atoms with Crippen molar-refractivity contribution in [2.24, 2.45) is 0 Å². The number of piperazine rings is 1. The molecule has 1 fully saturated rings. The minimum Gasteiger partial charge on any atom is -0.497 e. The molecule has 0 unspecified atom stereocenters. The normalized spacial score (nSPS) is 14.7. The Morgan fingerprint density at radius 2 is 1.72 bits per heavy atom. The third-order valence-corrected chi connectivity index (χ3v) is 5.37. The lowest BCUT2D eigenvalue weighted by Crippen LogP contribution is -2.48. The van der Waals surface area contributed by atoms with E-state index in [4.69, 9.17) is 9.47 Å². The van der Waals surface area contributed by atoms with Crippen LogP contribution in [0.2, 0.25) is 0 Å². The van der Waals surface area contributed by atoms with Crippen LogP contribution in [0.4, 0.5) is 5.69 Å². The van der Waals surface area contributed by atoms with Gasteiger partial charge in [-0.2, -0.15) is 0 Å². The molecule has 0 saturated carbocycles. The Labute approximate surface area is 171 Å². The molecule has 1 aliphatic rings. The first-order valence-electron chi connectivity index (χ1n) is 9.95. The van der Waals surface area contributed by atoms with Crippen molar-refractivity contribution in [2.45, 2.75) is 20.8 Å². The minimum absolute atomic E-state index is 0.000883. The van der Waals surface area contributed by atoms with Crippen molar-refractivity contribution < 1.29 is 19.1 Å². The Morgan fingerprint density at radius 1 is 1.07 bits per heavy atom. The number of nitrogens with one attached hydrogen (secondary N) is 1. The number of ketones is 1. The molecule has 29 heavy (non-hydrogen) atoms. The van der Waals surface area contributed by atoms with Crippen LogP contribution >= 0.6 is 0 Å². The average molecular weight is 399 g/mol. The number of Topliss-reactive ketones (excluding diaryl/α,β-unsaturated/α-hetero) is 1. The lowest BCUT2D eigenvalue weighted by atomic mass is 10.1. The van der Waals surface area contributed by atoms with Crippen LogP contribution in [0, 0.1) is 13.8 Å². The number of carbonyl (C=O) groups is 2. The summed E-state index contributed by atoms with van der Waals surface area (Å²) in [6, 6.07) is 8.04. The second-order valence-corrected chi connectivity index (χ2v) is 7.23. The van der Waals surface area contributed by atoms with Gasteiger partial charge in [0.2, 0.25) is 0 Å². The summed E-state index contributed by atoms with van der Waals surface area (Å²) in [5.41, 5.74) is 3.48. The topological polar surface area (TPSA) is 74.9 Å². The zero-order valence-corrected chi connectivity index (χ0v) is 17.6. The first kappa shape index (κ1) is 20.9. The van der Waals surface area contributed by atoms with Crippen LogP contribution in [0.5, 0.6) is 5.75 Å². The van der Waals surface area contributed by atoms with Crippen LogP contribution in [-0.4, -0.2) is 68.1 Å². The molecule has 1 aromatic heterocycles. The number of hydrogen-bond donors (Lipinski definition) is 1. The Balaban J connectivity index is 1.60.